The first-order chi connectivity index (χ1) is 16.4. The molecule has 172 valence electrons. The monoisotopic (exact) mass is 473 g/mol. The van der Waals surface area contributed by atoms with Crippen LogP contribution in [0.3, 0.4) is 0 Å². The Bertz CT molecular complexity index is 1470. The third-order valence-corrected chi connectivity index (χ3v) is 6.34. The molecule has 2 aromatic heterocycles. The highest BCUT2D eigenvalue weighted by molar-refractivity contribution is 7.20. The number of ether oxygens (including phenoxy) is 1. The molecule has 2 aromatic carbocycles. The van der Waals surface area contributed by atoms with Crippen LogP contribution in [0, 0.1) is 13.8 Å². The number of hydrogen-bond donors (Lipinski definition) is 2. The maximum atomic E-state index is 12.6. The molecule has 0 unspecified atom stereocenters. The topological polar surface area (TPSA) is 101 Å². The number of thiophene rings is 1. The summed E-state index contributed by atoms with van der Waals surface area (Å²) < 4.78 is 5.07. The first kappa shape index (κ1) is 23.1. The van der Waals surface area contributed by atoms with Crippen molar-refractivity contribution < 1.29 is 14.3 Å². The van der Waals surface area contributed by atoms with E-state index in [2.05, 4.69) is 15.3 Å². The van der Waals surface area contributed by atoms with Gasteiger partial charge in [0.15, 0.2) is 0 Å². The molecule has 2 N–H and O–H groups in total. The van der Waals surface area contributed by atoms with E-state index in [4.69, 9.17) is 4.74 Å². The van der Waals surface area contributed by atoms with Crippen molar-refractivity contribution in [3.8, 4) is 0 Å². The van der Waals surface area contributed by atoms with Crippen LogP contribution < -0.4 is 10.9 Å². The first-order valence-electron chi connectivity index (χ1n) is 10.7. The normalized spacial score (nSPS) is 11.1. The molecule has 8 heteroatoms. The number of H-pyrrole nitrogens is 1. The number of fused-ring (bicyclic) bond motifs is 1. The van der Waals surface area contributed by atoms with Crippen molar-refractivity contribution in [3.63, 3.8) is 0 Å². The third-order valence-electron chi connectivity index (χ3n) is 5.17. The van der Waals surface area contributed by atoms with Gasteiger partial charge in [-0.3, -0.25) is 9.59 Å². The lowest BCUT2D eigenvalue weighted by Gasteiger charge is -2.06. The molecule has 0 radical (unpaired) electrons. The second-order valence-corrected chi connectivity index (χ2v) is 8.69. The number of nitrogens with zero attached hydrogens (tertiary/aromatic N) is 1. The Morgan fingerprint density at radius 1 is 1.12 bits per heavy atom. The number of esters is 1. The number of aromatic amines is 1. The number of anilines is 1. The molecule has 2 heterocycles. The highest BCUT2D eigenvalue weighted by Gasteiger charge is 2.19. The van der Waals surface area contributed by atoms with Crippen LogP contribution in [0.5, 0.6) is 0 Å². The Hall–Kier alpha value is -4.04. The lowest BCUT2D eigenvalue weighted by molar-refractivity contribution is 0.0531. The van der Waals surface area contributed by atoms with E-state index in [1.54, 1.807) is 44.2 Å². The van der Waals surface area contributed by atoms with E-state index < -0.39 is 5.97 Å². The summed E-state index contributed by atoms with van der Waals surface area (Å²) in [5.74, 6) is -0.282. The Labute approximate surface area is 200 Å². The molecular formula is C26H23N3O4S. The molecule has 0 saturated carbocycles. The van der Waals surface area contributed by atoms with Gasteiger partial charge in [0.25, 0.3) is 11.5 Å². The van der Waals surface area contributed by atoms with Crippen molar-refractivity contribution in [2.24, 2.45) is 0 Å². The van der Waals surface area contributed by atoms with Gasteiger partial charge in [0.1, 0.15) is 15.5 Å². The minimum atomic E-state index is -0.455. The fourth-order valence-corrected chi connectivity index (χ4v) is 4.52. The van der Waals surface area contributed by atoms with Gasteiger partial charge in [0, 0.05) is 11.3 Å². The minimum Gasteiger partial charge on any atom is -0.462 e. The van der Waals surface area contributed by atoms with E-state index in [1.807, 2.05) is 37.3 Å². The zero-order valence-corrected chi connectivity index (χ0v) is 19.8. The molecular weight excluding hydrogens is 450 g/mol. The smallest absolute Gasteiger partial charge is 0.348 e. The second-order valence-electron chi connectivity index (χ2n) is 7.69. The SMILES string of the molecule is CCOC(=O)c1sc2nc(/C=C/c3cccc(NC(=O)c4ccc(C)cc4)c3)[nH]c(=O)c2c1C. The molecule has 0 atom stereocenters. The zero-order chi connectivity index (χ0) is 24.2. The van der Waals surface area contributed by atoms with E-state index in [1.165, 1.54) is 0 Å². The number of amides is 1. The van der Waals surface area contributed by atoms with Gasteiger partial charge in [0.05, 0.1) is 12.0 Å². The molecule has 0 fully saturated rings. The van der Waals surface area contributed by atoms with Crippen LogP contribution in [0.15, 0.2) is 53.3 Å². The van der Waals surface area contributed by atoms with Crippen molar-refractivity contribution in [2.75, 3.05) is 11.9 Å². The highest BCUT2D eigenvalue weighted by Crippen LogP contribution is 2.28. The average molecular weight is 474 g/mol. The summed E-state index contributed by atoms with van der Waals surface area (Å²) in [7, 11) is 0. The summed E-state index contributed by atoms with van der Waals surface area (Å²) >= 11 is 1.14. The van der Waals surface area contributed by atoms with E-state index in [-0.39, 0.29) is 18.1 Å². The lowest BCUT2D eigenvalue weighted by Crippen LogP contribution is -2.11. The Morgan fingerprint density at radius 2 is 1.88 bits per heavy atom. The molecule has 4 aromatic rings. The lowest BCUT2D eigenvalue weighted by atomic mass is 10.1. The summed E-state index contributed by atoms with van der Waals surface area (Å²) in [5.41, 5.74) is 3.39. The van der Waals surface area contributed by atoms with Gasteiger partial charge in [-0.15, -0.1) is 11.3 Å². The summed E-state index contributed by atoms with van der Waals surface area (Å²) in [6.45, 7) is 5.68. The van der Waals surface area contributed by atoms with Gasteiger partial charge in [-0.25, -0.2) is 9.78 Å². The quantitative estimate of drug-likeness (QED) is 0.375. The van der Waals surface area contributed by atoms with E-state index in [9.17, 15) is 14.4 Å². The largest absolute Gasteiger partial charge is 0.462 e. The zero-order valence-electron chi connectivity index (χ0n) is 19.0. The summed E-state index contributed by atoms with van der Waals surface area (Å²) in [6, 6.07) is 14.7. The van der Waals surface area contributed by atoms with Crippen molar-refractivity contribution >= 4 is 51.3 Å². The number of nitrogens with one attached hydrogen (secondary N) is 2. The van der Waals surface area contributed by atoms with E-state index in [0.717, 1.165) is 22.5 Å². The molecule has 7 nitrogen and oxygen atoms in total. The number of rotatable bonds is 6. The van der Waals surface area contributed by atoms with Crippen molar-refractivity contribution in [3.05, 3.63) is 91.8 Å². The van der Waals surface area contributed by atoms with E-state index in [0.29, 0.717) is 37.7 Å². The Balaban J connectivity index is 1.56. The number of carbonyl (C=O) groups is 2. The Morgan fingerprint density at radius 3 is 2.62 bits per heavy atom. The Kier molecular flexibility index (Phi) is 6.70. The van der Waals surface area contributed by atoms with Crippen LogP contribution in [0.2, 0.25) is 0 Å². The van der Waals surface area contributed by atoms with Crippen LogP contribution in [0.4, 0.5) is 5.69 Å². The maximum Gasteiger partial charge on any atom is 0.348 e. The fraction of sp³-hybridized carbons (Fsp3) is 0.154. The number of aromatic nitrogens is 2. The molecule has 0 aliphatic rings. The molecule has 4 rings (SSSR count). The standard InChI is InChI=1S/C26H23N3O4S/c1-4-33-26(32)22-16(3)21-24(31)28-20(29-25(21)34-22)13-10-17-6-5-7-19(14-17)27-23(30)18-11-8-15(2)9-12-18/h5-14H,4H2,1-3H3,(H,27,30)(H,28,29,31)/b13-10+. The minimum absolute atomic E-state index is 0.192. The van der Waals surface area contributed by atoms with Crippen molar-refractivity contribution in [1.82, 2.24) is 9.97 Å². The number of benzene rings is 2. The average Bonchev–Trinajstić information content (AvgIpc) is 3.15. The van der Waals surface area contributed by atoms with Gasteiger partial charge < -0.3 is 15.0 Å². The predicted molar refractivity (Wildman–Crippen MR) is 135 cm³/mol. The summed E-state index contributed by atoms with van der Waals surface area (Å²) in [5, 5.41) is 3.29. The van der Waals surface area contributed by atoms with Crippen LogP contribution in [-0.2, 0) is 4.74 Å². The predicted octanol–water partition coefficient (Wildman–Crippen LogP) is 5.20. The highest BCUT2D eigenvalue weighted by atomic mass is 32.1. The number of carbonyl (C=O) groups excluding carboxylic acids is 2. The molecule has 0 spiro atoms. The van der Waals surface area contributed by atoms with Crippen LogP contribution in [-0.4, -0.2) is 28.5 Å². The second kappa shape index (κ2) is 9.84. The summed E-state index contributed by atoms with van der Waals surface area (Å²) in [4.78, 5) is 45.4. The molecule has 0 aliphatic heterocycles. The van der Waals surface area contributed by atoms with Gasteiger partial charge in [-0.2, -0.15) is 0 Å². The molecule has 34 heavy (non-hydrogen) atoms. The molecule has 1 amide bonds. The maximum absolute atomic E-state index is 12.6. The molecule has 0 saturated heterocycles. The van der Waals surface area contributed by atoms with E-state index >= 15 is 0 Å². The van der Waals surface area contributed by atoms with Crippen molar-refractivity contribution in [1.29, 1.82) is 0 Å². The van der Waals surface area contributed by atoms with Gasteiger partial charge >= 0.3 is 5.97 Å². The number of hydrogen-bond acceptors (Lipinski definition) is 6. The number of aryl methyl sites for hydroxylation is 2. The third kappa shape index (κ3) is 4.97. The molecule has 0 bridgehead atoms. The van der Waals surface area contributed by atoms with Crippen LogP contribution in [0.25, 0.3) is 22.4 Å². The van der Waals surface area contributed by atoms with Gasteiger partial charge in [-0.1, -0.05) is 35.9 Å². The van der Waals surface area contributed by atoms with Gasteiger partial charge in [-0.05, 0) is 62.2 Å². The fourth-order valence-electron chi connectivity index (χ4n) is 3.43. The van der Waals surface area contributed by atoms with Crippen molar-refractivity contribution in [2.45, 2.75) is 20.8 Å². The van der Waals surface area contributed by atoms with Gasteiger partial charge in [0.2, 0.25) is 0 Å². The first-order valence-corrected chi connectivity index (χ1v) is 11.5. The van der Waals surface area contributed by atoms with Crippen LogP contribution >= 0.6 is 11.3 Å². The molecule has 0 aliphatic carbocycles. The van der Waals surface area contributed by atoms with Crippen LogP contribution in [0.1, 0.15) is 49.5 Å². The summed E-state index contributed by atoms with van der Waals surface area (Å²) in [6.07, 6.45) is 3.47.